The molecule has 2 rings (SSSR count). The average molecular weight is 295 g/mol. The van der Waals surface area contributed by atoms with Crippen LogP contribution >= 0.6 is 15.9 Å². The maximum Gasteiger partial charge on any atom is 0.0738 e. The normalized spacial score (nSPS) is 12.6. The molecule has 4 nitrogen and oxygen atoms in total. The van der Waals surface area contributed by atoms with Crippen molar-refractivity contribution in [3.8, 4) is 0 Å². The Labute approximate surface area is 109 Å². The van der Waals surface area contributed by atoms with Gasteiger partial charge in [0.1, 0.15) is 0 Å². The van der Waals surface area contributed by atoms with Gasteiger partial charge in [0, 0.05) is 29.6 Å². The van der Waals surface area contributed by atoms with Crippen LogP contribution in [0.1, 0.15) is 30.6 Å². The molecule has 1 atom stereocenters. The van der Waals surface area contributed by atoms with E-state index in [2.05, 4.69) is 32.9 Å². The third-order valence-corrected chi connectivity index (χ3v) is 3.02. The molecular weight excluding hydrogens is 280 g/mol. The van der Waals surface area contributed by atoms with E-state index in [1.165, 1.54) is 0 Å². The Bertz CT molecular complexity index is 495. The molecule has 17 heavy (non-hydrogen) atoms. The average Bonchev–Trinajstić information content (AvgIpc) is 2.77. The van der Waals surface area contributed by atoms with E-state index in [0.717, 1.165) is 28.7 Å². The van der Waals surface area contributed by atoms with Crippen molar-refractivity contribution in [2.24, 2.45) is 5.73 Å². The largest absolute Gasteiger partial charge is 0.319 e. The van der Waals surface area contributed by atoms with Crippen molar-refractivity contribution in [1.82, 2.24) is 14.8 Å². The smallest absolute Gasteiger partial charge is 0.0738 e. The van der Waals surface area contributed by atoms with Gasteiger partial charge in [-0.3, -0.25) is 9.67 Å². The minimum Gasteiger partial charge on any atom is -0.319 e. The van der Waals surface area contributed by atoms with E-state index in [4.69, 9.17) is 5.73 Å². The molecule has 1 unspecified atom stereocenters. The molecular formula is C12H15BrN4. The highest BCUT2D eigenvalue weighted by Crippen LogP contribution is 2.21. The van der Waals surface area contributed by atoms with Crippen LogP contribution in [0.5, 0.6) is 0 Å². The first-order valence-electron chi connectivity index (χ1n) is 5.60. The predicted molar refractivity (Wildman–Crippen MR) is 70.5 cm³/mol. The number of rotatable bonds is 4. The van der Waals surface area contributed by atoms with Crippen LogP contribution in [0.2, 0.25) is 0 Å². The number of aromatic nitrogens is 3. The highest BCUT2D eigenvalue weighted by Gasteiger charge is 2.14. The summed E-state index contributed by atoms with van der Waals surface area (Å²) in [6.45, 7) is 3.01. The summed E-state index contributed by atoms with van der Waals surface area (Å²) in [6.07, 6.45) is 6.37. The van der Waals surface area contributed by atoms with E-state index in [9.17, 15) is 0 Å². The molecule has 0 aromatic carbocycles. The summed E-state index contributed by atoms with van der Waals surface area (Å²) in [4.78, 5) is 4.13. The fourth-order valence-corrected chi connectivity index (χ4v) is 2.16. The first kappa shape index (κ1) is 12.3. The molecule has 2 heterocycles. The molecule has 0 aliphatic carbocycles. The van der Waals surface area contributed by atoms with Crippen LogP contribution in [0, 0.1) is 0 Å². The molecule has 0 aliphatic heterocycles. The summed E-state index contributed by atoms with van der Waals surface area (Å²) >= 11 is 3.40. The lowest BCUT2D eigenvalue weighted by molar-refractivity contribution is 0.559. The second kappa shape index (κ2) is 5.42. The van der Waals surface area contributed by atoms with E-state index in [0.29, 0.717) is 0 Å². The first-order chi connectivity index (χ1) is 8.22. The monoisotopic (exact) mass is 294 g/mol. The van der Waals surface area contributed by atoms with E-state index >= 15 is 0 Å². The van der Waals surface area contributed by atoms with Gasteiger partial charge in [0.2, 0.25) is 0 Å². The lowest BCUT2D eigenvalue weighted by Crippen LogP contribution is -2.17. The molecule has 0 bridgehead atoms. The number of aryl methyl sites for hydroxylation is 1. The van der Waals surface area contributed by atoms with Gasteiger partial charge in [0.15, 0.2) is 0 Å². The van der Waals surface area contributed by atoms with E-state index in [-0.39, 0.29) is 6.04 Å². The number of nitrogens with two attached hydrogens (primary N) is 1. The SMILES string of the molecule is CCCn1nccc1C(N)c1cncc(Br)c1. The van der Waals surface area contributed by atoms with Crippen LogP contribution in [-0.2, 0) is 6.54 Å². The third-order valence-electron chi connectivity index (χ3n) is 2.59. The zero-order valence-electron chi connectivity index (χ0n) is 9.68. The Morgan fingerprint density at radius 1 is 1.47 bits per heavy atom. The zero-order valence-corrected chi connectivity index (χ0v) is 11.3. The summed E-state index contributed by atoms with van der Waals surface area (Å²) in [5, 5.41) is 4.28. The summed E-state index contributed by atoms with van der Waals surface area (Å²) in [5.74, 6) is 0. The highest BCUT2D eigenvalue weighted by atomic mass is 79.9. The maximum absolute atomic E-state index is 6.24. The van der Waals surface area contributed by atoms with Gasteiger partial charge in [-0.05, 0) is 40.0 Å². The van der Waals surface area contributed by atoms with Crippen LogP contribution in [0.3, 0.4) is 0 Å². The number of halogens is 1. The van der Waals surface area contributed by atoms with Crippen molar-refractivity contribution in [3.63, 3.8) is 0 Å². The number of hydrogen-bond acceptors (Lipinski definition) is 3. The number of pyridine rings is 1. The molecule has 0 aliphatic rings. The Balaban J connectivity index is 2.30. The lowest BCUT2D eigenvalue weighted by atomic mass is 10.1. The number of hydrogen-bond donors (Lipinski definition) is 1. The summed E-state index contributed by atoms with van der Waals surface area (Å²) in [5.41, 5.74) is 8.24. The molecule has 5 heteroatoms. The second-order valence-electron chi connectivity index (χ2n) is 3.89. The van der Waals surface area contributed by atoms with E-state index in [1.54, 1.807) is 18.6 Å². The van der Waals surface area contributed by atoms with Crippen molar-refractivity contribution >= 4 is 15.9 Å². The van der Waals surface area contributed by atoms with Gasteiger partial charge in [-0.25, -0.2) is 0 Å². The molecule has 0 saturated heterocycles. The fraction of sp³-hybridized carbons (Fsp3) is 0.333. The van der Waals surface area contributed by atoms with Gasteiger partial charge in [0.05, 0.1) is 11.7 Å². The van der Waals surface area contributed by atoms with E-state index in [1.807, 2.05) is 16.8 Å². The van der Waals surface area contributed by atoms with Gasteiger partial charge >= 0.3 is 0 Å². The van der Waals surface area contributed by atoms with Crippen LogP contribution in [0.25, 0.3) is 0 Å². The Hall–Kier alpha value is -1.20. The Morgan fingerprint density at radius 3 is 3.00 bits per heavy atom. The molecule has 2 aromatic rings. The highest BCUT2D eigenvalue weighted by molar-refractivity contribution is 9.10. The van der Waals surface area contributed by atoms with Crippen molar-refractivity contribution < 1.29 is 0 Å². The number of nitrogens with zero attached hydrogens (tertiary/aromatic N) is 3. The van der Waals surface area contributed by atoms with E-state index < -0.39 is 0 Å². The first-order valence-corrected chi connectivity index (χ1v) is 6.39. The fourth-order valence-electron chi connectivity index (χ4n) is 1.77. The maximum atomic E-state index is 6.24. The minimum absolute atomic E-state index is 0.186. The molecule has 90 valence electrons. The van der Waals surface area contributed by atoms with Crippen molar-refractivity contribution in [2.45, 2.75) is 25.9 Å². The molecule has 0 radical (unpaired) electrons. The van der Waals surface area contributed by atoms with Crippen LogP contribution < -0.4 is 5.73 Å². The van der Waals surface area contributed by atoms with Crippen molar-refractivity contribution in [1.29, 1.82) is 0 Å². The summed E-state index contributed by atoms with van der Waals surface area (Å²) in [7, 11) is 0. The summed E-state index contributed by atoms with van der Waals surface area (Å²) in [6, 6.07) is 3.76. The van der Waals surface area contributed by atoms with Crippen molar-refractivity contribution in [2.75, 3.05) is 0 Å². The third kappa shape index (κ3) is 2.73. The van der Waals surface area contributed by atoms with Crippen LogP contribution in [0.15, 0.2) is 35.2 Å². The zero-order chi connectivity index (χ0) is 12.3. The van der Waals surface area contributed by atoms with Gasteiger partial charge < -0.3 is 5.73 Å². The second-order valence-corrected chi connectivity index (χ2v) is 4.81. The molecule has 0 amide bonds. The van der Waals surface area contributed by atoms with Crippen LogP contribution in [0.4, 0.5) is 0 Å². The standard InChI is InChI=1S/C12H15BrN4/c1-2-5-17-11(3-4-16-17)12(14)9-6-10(13)8-15-7-9/h3-4,6-8,12H,2,5,14H2,1H3. The molecule has 0 fully saturated rings. The molecule has 0 spiro atoms. The Morgan fingerprint density at radius 2 is 2.29 bits per heavy atom. The Kier molecular flexibility index (Phi) is 3.91. The quantitative estimate of drug-likeness (QED) is 0.943. The molecule has 2 N–H and O–H groups in total. The van der Waals surface area contributed by atoms with Gasteiger partial charge in [-0.15, -0.1) is 0 Å². The van der Waals surface area contributed by atoms with Gasteiger partial charge in [-0.1, -0.05) is 6.92 Å². The lowest BCUT2D eigenvalue weighted by Gasteiger charge is -2.14. The minimum atomic E-state index is -0.186. The van der Waals surface area contributed by atoms with Gasteiger partial charge in [-0.2, -0.15) is 5.10 Å². The summed E-state index contributed by atoms with van der Waals surface area (Å²) < 4.78 is 2.89. The van der Waals surface area contributed by atoms with Gasteiger partial charge in [0.25, 0.3) is 0 Å². The predicted octanol–water partition coefficient (Wildman–Crippen LogP) is 2.50. The topological polar surface area (TPSA) is 56.7 Å². The van der Waals surface area contributed by atoms with Crippen molar-refractivity contribution in [3.05, 3.63) is 46.5 Å². The molecule has 2 aromatic heterocycles. The molecule has 0 saturated carbocycles. The van der Waals surface area contributed by atoms with Crippen LogP contribution in [-0.4, -0.2) is 14.8 Å².